The quantitative estimate of drug-likeness (QED) is 0.560. The molecule has 3 heteroatoms. The maximum Gasteiger partial charge on any atom is 0.141 e. The molecular formula is C13H24SSi2. The molecule has 0 aliphatic rings. The van der Waals surface area contributed by atoms with E-state index in [9.17, 15) is 0 Å². The van der Waals surface area contributed by atoms with Crippen molar-refractivity contribution in [1.82, 2.24) is 0 Å². The Morgan fingerprint density at radius 3 is 2.31 bits per heavy atom. The van der Waals surface area contributed by atoms with E-state index in [4.69, 9.17) is 0 Å². The van der Waals surface area contributed by atoms with Crippen LogP contribution in [-0.2, 0) is 0 Å². The smallest absolute Gasteiger partial charge is 0.141 e. The van der Waals surface area contributed by atoms with E-state index in [1.54, 1.807) is 5.19 Å². The molecule has 0 amide bonds. The summed E-state index contributed by atoms with van der Waals surface area (Å²) in [5.41, 5.74) is 0. The third kappa shape index (κ3) is 4.89. The minimum atomic E-state index is -1.22. The molecule has 0 aliphatic carbocycles. The Kier molecular flexibility index (Phi) is 5.86. The molecule has 0 atom stereocenters. The highest BCUT2D eigenvalue weighted by atomic mass is 32.4. The SMILES string of the molecule is C[SiH](C)CCCS[Si](C)(C)c1ccccc1. The zero-order valence-electron chi connectivity index (χ0n) is 11.0. The summed E-state index contributed by atoms with van der Waals surface area (Å²) in [5.74, 6) is 1.36. The predicted molar refractivity (Wildman–Crippen MR) is 84.3 cm³/mol. The van der Waals surface area contributed by atoms with Gasteiger partial charge in [0.25, 0.3) is 0 Å². The van der Waals surface area contributed by atoms with E-state index in [0.29, 0.717) is 0 Å². The van der Waals surface area contributed by atoms with Crippen LogP contribution in [0.3, 0.4) is 0 Å². The van der Waals surface area contributed by atoms with Crippen LogP contribution in [0, 0.1) is 0 Å². The minimum absolute atomic E-state index is 0.328. The molecular weight excluding hydrogens is 244 g/mol. The van der Waals surface area contributed by atoms with Crippen LogP contribution in [0.4, 0.5) is 0 Å². The van der Waals surface area contributed by atoms with E-state index in [0.717, 1.165) is 0 Å². The van der Waals surface area contributed by atoms with Gasteiger partial charge in [-0.1, -0.05) is 62.6 Å². The Hall–Kier alpha value is 0.00377. The fourth-order valence-corrected chi connectivity index (χ4v) is 7.91. The lowest BCUT2D eigenvalue weighted by Crippen LogP contribution is -2.38. The summed E-state index contributed by atoms with van der Waals surface area (Å²) in [7, 11) is -1.55. The molecule has 0 bridgehead atoms. The Balaban J connectivity index is 2.40. The van der Waals surface area contributed by atoms with Gasteiger partial charge in [0.2, 0.25) is 0 Å². The zero-order chi connectivity index (χ0) is 12.0. The molecule has 0 saturated carbocycles. The first-order chi connectivity index (χ1) is 7.52. The number of hydrogen-bond donors (Lipinski definition) is 0. The van der Waals surface area contributed by atoms with Crippen LogP contribution in [-0.4, -0.2) is 21.8 Å². The molecule has 0 nitrogen and oxygen atoms in total. The van der Waals surface area contributed by atoms with Crippen LogP contribution >= 0.6 is 11.2 Å². The van der Waals surface area contributed by atoms with Crippen molar-refractivity contribution >= 4 is 32.4 Å². The lowest BCUT2D eigenvalue weighted by molar-refractivity contribution is 1.08. The molecule has 0 saturated heterocycles. The van der Waals surface area contributed by atoms with Crippen molar-refractivity contribution in [3.8, 4) is 0 Å². The van der Waals surface area contributed by atoms with Gasteiger partial charge in [0.1, 0.15) is 7.22 Å². The zero-order valence-corrected chi connectivity index (χ0v) is 14.0. The molecule has 16 heavy (non-hydrogen) atoms. The molecule has 0 aromatic heterocycles. The van der Waals surface area contributed by atoms with Crippen molar-refractivity contribution < 1.29 is 0 Å². The van der Waals surface area contributed by atoms with Gasteiger partial charge in [0.05, 0.1) is 0 Å². The summed E-state index contributed by atoms with van der Waals surface area (Å²) < 4.78 is 0. The van der Waals surface area contributed by atoms with Gasteiger partial charge in [-0.15, -0.1) is 0 Å². The molecule has 1 aromatic rings. The third-order valence-electron chi connectivity index (χ3n) is 2.86. The van der Waals surface area contributed by atoms with E-state index in [1.165, 1.54) is 18.2 Å². The highest BCUT2D eigenvalue weighted by Gasteiger charge is 2.23. The monoisotopic (exact) mass is 268 g/mol. The van der Waals surface area contributed by atoms with Crippen molar-refractivity contribution in [2.75, 3.05) is 5.75 Å². The third-order valence-corrected chi connectivity index (χ3v) is 10.8. The first kappa shape index (κ1) is 14.1. The normalized spacial score (nSPS) is 12.1. The Bertz CT molecular complexity index is 296. The summed E-state index contributed by atoms with van der Waals surface area (Å²) in [4.78, 5) is 0. The molecule has 0 N–H and O–H groups in total. The van der Waals surface area contributed by atoms with Gasteiger partial charge < -0.3 is 0 Å². The first-order valence-corrected chi connectivity index (χ1v) is 14.1. The highest BCUT2D eigenvalue weighted by molar-refractivity contribution is 8.30. The van der Waals surface area contributed by atoms with Gasteiger partial charge in [0, 0.05) is 8.80 Å². The molecule has 1 rings (SSSR count). The number of rotatable bonds is 6. The molecule has 0 radical (unpaired) electrons. The van der Waals surface area contributed by atoms with Crippen molar-refractivity contribution in [2.45, 2.75) is 38.7 Å². The lowest BCUT2D eigenvalue weighted by atomic mass is 10.4. The lowest BCUT2D eigenvalue weighted by Gasteiger charge is -2.22. The van der Waals surface area contributed by atoms with Crippen molar-refractivity contribution in [2.24, 2.45) is 0 Å². The van der Waals surface area contributed by atoms with Gasteiger partial charge in [-0.25, -0.2) is 0 Å². The Morgan fingerprint density at radius 1 is 1.12 bits per heavy atom. The average molecular weight is 269 g/mol. The van der Waals surface area contributed by atoms with Gasteiger partial charge >= 0.3 is 0 Å². The van der Waals surface area contributed by atoms with Crippen LogP contribution in [0.2, 0.25) is 32.2 Å². The molecule has 0 spiro atoms. The maximum atomic E-state index is 2.47. The molecule has 0 heterocycles. The topological polar surface area (TPSA) is 0 Å². The average Bonchev–Trinajstić information content (AvgIpc) is 2.26. The van der Waals surface area contributed by atoms with E-state index >= 15 is 0 Å². The van der Waals surface area contributed by atoms with Gasteiger partial charge in [-0.2, -0.15) is 11.2 Å². The second-order valence-corrected chi connectivity index (χ2v) is 16.8. The van der Waals surface area contributed by atoms with E-state index in [2.05, 4.69) is 67.7 Å². The summed E-state index contributed by atoms with van der Waals surface area (Å²) in [6, 6.07) is 12.6. The summed E-state index contributed by atoms with van der Waals surface area (Å²) in [6.07, 6.45) is 1.43. The second-order valence-electron chi connectivity index (χ2n) is 5.26. The summed E-state index contributed by atoms with van der Waals surface area (Å²) >= 11 is 2.23. The van der Waals surface area contributed by atoms with Crippen LogP contribution in [0.1, 0.15) is 6.42 Å². The summed E-state index contributed by atoms with van der Waals surface area (Å²) in [6.45, 7) is 9.84. The van der Waals surface area contributed by atoms with Gasteiger partial charge in [-0.3, -0.25) is 0 Å². The van der Waals surface area contributed by atoms with E-state index < -0.39 is 7.22 Å². The maximum absolute atomic E-state index is 2.47. The van der Waals surface area contributed by atoms with Crippen molar-refractivity contribution in [3.05, 3.63) is 30.3 Å². The molecule has 0 aliphatic heterocycles. The van der Waals surface area contributed by atoms with Crippen LogP contribution in [0.25, 0.3) is 0 Å². The molecule has 0 fully saturated rings. The largest absolute Gasteiger partial charge is 0.180 e. The standard InChI is InChI=1S/C13H24SSi2/c1-15(2)12-8-11-14-16(3,4)13-9-6-5-7-10-13/h5-7,9-10,15H,8,11-12H2,1-4H3. The first-order valence-electron chi connectivity index (χ1n) is 6.22. The van der Waals surface area contributed by atoms with Gasteiger partial charge in [-0.05, 0) is 17.4 Å². The molecule has 1 aromatic carbocycles. The summed E-state index contributed by atoms with van der Waals surface area (Å²) in [5, 5.41) is 1.58. The fraction of sp³-hybridized carbons (Fsp3) is 0.538. The Labute approximate surface area is 107 Å². The van der Waals surface area contributed by atoms with Gasteiger partial charge in [0.15, 0.2) is 0 Å². The fourth-order valence-electron chi connectivity index (χ4n) is 1.74. The van der Waals surface area contributed by atoms with Crippen LogP contribution in [0.5, 0.6) is 0 Å². The Morgan fingerprint density at radius 2 is 1.75 bits per heavy atom. The predicted octanol–water partition coefficient (Wildman–Crippen LogP) is 3.71. The second kappa shape index (κ2) is 6.67. The van der Waals surface area contributed by atoms with Crippen molar-refractivity contribution in [3.63, 3.8) is 0 Å². The van der Waals surface area contributed by atoms with Crippen molar-refractivity contribution in [1.29, 1.82) is 0 Å². The van der Waals surface area contributed by atoms with E-state index in [-0.39, 0.29) is 8.80 Å². The minimum Gasteiger partial charge on any atom is -0.180 e. The van der Waals surface area contributed by atoms with E-state index in [1.807, 2.05) is 0 Å². The van der Waals surface area contributed by atoms with Crippen LogP contribution < -0.4 is 5.19 Å². The molecule has 90 valence electrons. The molecule has 0 unspecified atom stereocenters. The highest BCUT2D eigenvalue weighted by Crippen LogP contribution is 2.21. The van der Waals surface area contributed by atoms with Crippen LogP contribution in [0.15, 0.2) is 30.3 Å². The number of hydrogen-bond acceptors (Lipinski definition) is 1. The number of benzene rings is 1.